The zero-order valence-electron chi connectivity index (χ0n) is 7.47. The SMILES string of the molecule is CC1(C)OC(=O)C(N)C1(C)C. The molecule has 0 aromatic rings. The molecule has 0 aliphatic carbocycles. The van der Waals surface area contributed by atoms with Crippen molar-refractivity contribution in [2.75, 3.05) is 0 Å². The quantitative estimate of drug-likeness (QED) is 0.526. The van der Waals surface area contributed by atoms with E-state index in [2.05, 4.69) is 0 Å². The molecule has 1 saturated heterocycles. The van der Waals surface area contributed by atoms with Gasteiger partial charge in [-0.3, -0.25) is 4.79 Å². The fourth-order valence-electron chi connectivity index (χ4n) is 1.12. The van der Waals surface area contributed by atoms with Crippen LogP contribution in [0.5, 0.6) is 0 Å². The number of rotatable bonds is 0. The lowest BCUT2D eigenvalue weighted by Gasteiger charge is -2.33. The lowest BCUT2D eigenvalue weighted by Crippen LogP contribution is -2.45. The highest BCUT2D eigenvalue weighted by Crippen LogP contribution is 2.42. The highest BCUT2D eigenvalue weighted by molar-refractivity contribution is 5.79. The summed E-state index contributed by atoms with van der Waals surface area (Å²) in [4.78, 5) is 11.1. The first-order chi connectivity index (χ1) is 4.79. The Morgan fingerprint density at radius 2 is 1.82 bits per heavy atom. The van der Waals surface area contributed by atoms with Crippen LogP contribution in [0.3, 0.4) is 0 Å². The van der Waals surface area contributed by atoms with E-state index >= 15 is 0 Å². The van der Waals surface area contributed by atoms with Crippen LogP contribution in [0.1, 0.15) is 27.7 Å². The third kappa shape index (κ3) is 0.948. The Balaban J connectivity index is 3.01. The molecular weight excluding hydrogens is 142 g/mol. The lowest BCUT2D eigenvalue weighted by atomic mass is 9.74. The van der Waals surface area contributed by atoms with Gasteiger partial charge >= 0.3 is 5.97 Å². The molecule has 0 aromatic heterocycles. The van der Waals surface area contributed by atoms with Crippen LogP contribution in [-0.2, 0) is 9.53 Å². The van der Waals surface area contributed by atoms with E-state index in [0.717, 1.165) is 0 Å². The van der Waals surface area contributed by atoms with E-state index in [9.17, 15) is 4.79 Å². The normalized spacial score (nSPS) is 33.5. The number of esters is 1. The molecule has 1 atom stereocenters. The van der Waals surface area contributed by atoms with Gasteiger partial charge in [-0.25, -0.2) is 0 Å². The Kier molecular flexibility index (Phi) is 1.53. The Bertz CT molecular complexity index is 196. The minimum Gasteiger partial charge on any atom is -0.458 e. The van der Waals surface area contributed by atoms with Crippen LogP contribution in [-0.4, -0.2) is 17.6 Å². The Labute approximate surface area is 66.9 Å². The zero-order chi connectivity index (χ0) is 8.86. The molecule has 1 unspecified atom stereocenters. The maximum atomic E-state index is 11.1. The summed E-state index contributed by atoms with van der Waals surface area (Å²) >= 11 is 0. The number of carbonyl (C=O) groups is 1. The fraction of sp³-hybridized carbons (Fsp3) is 0.875. The number of ether oxygens (including phenoxy) is 1. The zero-order valence-corrected chi connectivity index (χ0v) is 7.47. The number of hydrogen-bond donors (Lipinski definition) is 1. The minimum absolute atomic E-state index is 0.274. The van der Waals surface area contributed by atoms with E-state index in [-0.39, 0.29) is 11.4 Å². The Morgan fingerprint density at radius 3 is 1.91 bits per heavy atom. The van der Waals surface area contributed by atoms with Crippen LogP contribution in [0.4, 0.5) is 0 Å². The third-order valence-corrected chi connectivity index (χ3v) is 2.94. The van der Waals surface area contributed by atoms with Gasteiger partial charge in [-0.05, 0) is 13.8 Å². The van der Waals surface area contributed by atoms with Gasteiger partial charge in [0.2, 0.25) is 0 Å². The largest absolute Gasteiger partial charge is 0.458 e. The van der Waals surface area contributed by atoms with Gasteiger partial charge in [0, 0.05) is 5.41 Å². The van der Waals surface area contributed by atoms with E-state index in [1.165, 1.54) is 0 Å². The van der Waals surface area contributed by atoms with Crippen LogP contribution >= 0.6 is 0 Å². The summed E-state index contributed by atoms with van der Waals surface area (Å²) in [7, 11) is 0. The highest BCUT2D eigenvalue weighted by atomic mass is 16.6. The minimum atomic E-state index is -0.488. The smallest absolute Gasteiger partial charge is 0.324 e. The van der Waals surface area contributed by atoms with Crippen molar-refractivity contribution in [3.63, 3.8) is 0 Å². The molecule has 0 saturated carbocycles. The topological polar surface area (TPSA) is 52.3 Å². The maximum Gasteiger partial charge on any atom is 0.324 e. The molecule has 3 nitrogen and oxygen atoms in total. The number of nitrogens with two attached hydrogens (primary N) is 1. The molecule has 1 rings (SSSR count). The van der Waals surface area contributed by atoms with Gasteiger partial charge in [0.15, 0.2) is 0 Å². The summed E-state index contributed by atoms with van der Waals surface area (Å²) in [5.74, 6) is -0.292. The van der Waals surface area contributed by atoms with Crippen LogP contribution < -0.4 is 5.73 Å². The molecule has 0 spiro atoms. The van der Waals surface area contributed by atoms with Crippen molar-refractivity contribution in [1.82, 2.24) is 0 Å². The van der Waals surface area contributed by atoms with Crippen molar-refractivity contribution in [2.45, 2.75) is 39.3 Å². The van der Waals surface area contributed by atoms with Gasteiger partial charge in [0.25, 0.3) is 0 Å². The van der Waals surface area contributed by atoms with Crippen molar-refractivity contribution < 1.29 is 9.53 Å². The summed E-state index contributed by atoms with van der Waals surface area (Å²) < 4.78 is 5.11. The average molecular weight is 157 g/mol. The predicted octanol–water partition coefficient (Wildman–Crippen LogP) is 0.675. The molecule has 0 bridgehead atoms. The second kappa shape index (κ2) is 1.97. The second-order valence-corrected chi connectivity index (χ2v) is 4.13. The van der Waals surface area contributed by atoms with Gasteiger partial charge in [0.05, 0.1) is 0 Å². The first kappa shape index (κ1) is 8.53. The van der Waals surface area contributed by atoms with Gasteiger partial charge in [-0.2, -0.15) is 0 Å². The van der Waals surface area contributed by atoms with Gasteiger partial charge in [-0.15, -0.1) is 0 Å². The summed E-state index contributed by atoms with van der Waals surface area (Å²) in [5, 5.41) is 0. The molecule has 11 heavy (non-hydrogen) atoms. The summed E-state index contributed by atoms with van der Waals surface area (Å²) in [6.07, 6.45) is 0. The molecule has 1 aliphatic heterocycles. The van der Waals surface area contributed by atoms with E-state index in [1.807, 2.05) is 27.7 Å². The molecule has 3 heteroatoms. The second-order valence-electron chi connectivity index (χ2n) is 4.13. The molecule has 1 aliphatic rings. The summed E-state index contributed by atoms with van der Waals surface area (Å²) in [6.45, 7) is 7.67. The number of carbonyl (C=O) groups excluding carboxylic acids is 1. The summed E-state index contributed by atoms with van der Waals surface area (Å²) in [5.41, 5.74) is 4.94. The van der Waals surface area contributed by atoms with E-state index < -0.39 is 11.6 Å². The maximum absolute atomic E-state index is 11.1. The van der Waals surface area contributed by atoms with E-state index in [1.54, 1.807) is 0 Å². The standard InChI is InChI=1S/C8H15NO2/c1-7(2)5(9)6(10)11-8(7,3)4/h5H,9H2,1-4H3. The molecule has 1 heterocycles. The fourth-order valence-corrected chi connectivity index (χ4v) is 1.12. The third-order valence-electron chi connectivity index (χ3n) is 2.94. The molecular formula is C8H15NO2. The summed E-state index contributed by atoms with van der Waals surface area (Å²) in [6, 6.07) is -0.488. The van der Waals surface area contributed by atoms with Crippen molar-refractivity contribution in [3.05, 3.63) is 0 Å². The first-order valence-electron chi connectivity index (χ1n) is 3.77. The van der Waals surface area contributed by atoms with Crippen molar-refractivity contribution in [1.29, 1.82) is 0 Å². The van der Waals surface area contributed by atoms with Gasteiger partial charge < -0.3 is 10.5 Å². The van der Waals surface area contributed by atoms with E-state index in [0.29, 0.717) is 0 Å². The van der Waals surface area contributed by atoms with E-state index in [4.69, 9.17) is 10.5 Å². The molecule has 64 valence electrons. The molecule has 1 fully saturated rings. The first-order valence-corrected chi connectivity index (χ1v) is 3.77. The lowest BCUT2D eigenvalue weighted by molar-refractivity contribution is -0.148. The van der Waals surface area contributed by atoms with Crippen LogP contribution in [0, 0.1) is 5.41 Å². The van der Waals surface area contributed by atoms with Crippen molar-refractivity contribution in [2.24, 2.45) is 11.1 Å². The average Bonchev–Trinajstić information content (AvgIpc) is 1.93. The molecule has 2 N–H and O–H groups in total. The van der Waals surface area contributed by atoms with Gasteiger partial charge in [-0.1, -0.05) is 13.8 Å². The van der Waals surface area contributed by atoms with Crippen LogP contribution in [0.25, 0.3) is 0 Å². The number of hydrogen-bond acceptors (Lipinski definition) is 3. The van der Waals surface area contributed by atoms with Crippen LogP contribution in [0.2, 0.25) is 0 Å². The molecule has 0 aromatic carbocycles. The monoisotopic (exact) mass is 157 g/mol. The predicted molar refractivity (Wildman–Crippen MR) is 41.9 cm³/mol. The van der Waals surface area contributed by atoms with Crippen molar-refractivity contribution >= 4 is 5.97 Å². The molecule has 0 amide bonds. The highest BCUT2D eigenvalue weighted by Gasteiger charge is 2.54. The van der Waals surface area contributed by atoms with Crippen LogP contribution in [0.15, 0.2) is 0 Å². The molecule has 0 radical (unpaired) electrons. The van der Waals surface area contributed by atoms with Gasteiger partial charge in [0.1, 0.15) is 11.6 Å². The van der Waals surface area contributed by atoms with Crippen molar-refractivity contribution in [3.8, 4) is 0 Å². The Hall–Kier alpha value is -0.570. The Morgan fingerprint density at radius 1 is 1.36 bits per heavy atom. The number of cyclic esters (lactones) is 1.